The monoisotopic (exact) mass is 299 g/mol. The average molecular weight is 299 g/mol. The largest absolute Gasteiger partial charge is 0.352 e. The van der Waals surface area contributed by atoms with E-state index in [-0.39, 0.29) is 24.1 Å². The Morgan fingerprint density at radius 1 is 1.36 bits per heavy atom. The molecule has 1 amide bonds. The van der Waals surface area contributed by atoms with Crippen molar-refractivity contribution in [1.82, 2.24) is 14.9 Å². The van der Waals surface area contributed by atoms with Crippen LogP contribution in [0.4, 0.5) is 0 Å². The van der Waals surface area contributed by atoms with Crippen LogP contribution in [0.5, 0.6) is 0 Å². The highest BCUT2D eigenvalue weighted by Gasteiger charge is 2.20. The standard InChI is InChI=1S/C17H21N3O2/c1-12-5-4-6-13(9-12)19-16(21)10-20-11-18-15-8-3-2-7-14(15)17(20)22/h2-3,7-8,11-13H,4-6,9-10H2,1H3,(H,19,21). The van der Waals surface area contributed by atoms with E-state index in [1.165, 1.54) is 17.3 Å². The summed E-state index contributed by atoms with van der Waals surface area (Å²) < 4.78 is 1.38. The summed E-state index contributed by atoms with van der Waals surface area (Å²) in [4.78, 5) is 28.8. The SMILES string of the molecule is CC1CCCC(NC(=O)Cn2cnc3ccccc3c2=O)C1. The first-order valence-corrected chi connectivity index (χ1v) is 7.87. The molecule has 1 fully saturated rings. The fourth-order valence-electron chi connectivity index (χ4n) is 3.21. The Morgan fingerprint density at radius 2 is 2.18 bits per heavy atom. The predicted molar refractivity (Wildman–Crippen MR) is 85.6 cm³/mol. The van der Waals surface area contributed by atoms with Crippen molar-refractivity contribution in [3.8, 4) is 0 Å². The number of nitrogens with one attached hydrogen (secondary N) is 1. The minimum atomic E-state index is -0.169. The van der Waals surface area contributed by atoms with Gasteiger partial charge in [0.15, 0.2) is 0 Å². The molecule has 1 N–H and O–H groups in total. The summed E-state index contributed by atoms with van der Waals surface area (Å²) in [5.74, 6) is 0.544. The molecule has 1 heterocycles. The van der Waals surface area contributed by atoms with Gasteiger partial charge in [-0.2, -0.15) is 0 Å². The number of rotatable bonds is 3. The van der Waals surface area contributed by atoms with E-state index in [9.17, 15) is 9.59 Å². The quantitative estimate of drug-likeness (QED) is 0.944. The third kappa shape index (κ3) is 3.18. The van der Waals surface area contributed by atoms with Crippen molar-refractivity contribution >= 4 is 16.8 Å². The first-order chi connectivity index (χ1) is 10.6. The number of aromatic nitrogens is 2. The molecule has 5 nitrogen and oxygen atoms in total. The van der Waals surface area contributed by atoms with Gasteiger partial charge in [-0.1, -0.05) is 31.9 Å². The van der Waals surface area contributed by atoms with Gasteiger partial charge < -0.3 is 5.32 Å². The maximum absolute atomic E-state index is 12.4. The molecule has 0 radical (unpaired) electrons. The number of hydrogen-bond acceptors (Lipinski definition) is 3. The van der Waals surface area contributed by atoms with Gasteiger partial charge in [0, 0.05) is 6.04 Å². The van der Waals surface area contributed by atoms with Crippen LogP contribution in [0.25, 0.3) is 10.9 Å². The molecular weight excluding hydrogens is 278 g/mol. The van der Waals surface area contributed by atoms with Crippen molar-refractivity contribution in [2.75, 3.05) is 0 Å². The number of fused-ring (bicyclic) bond motifs is 1. The van der Waals surface area contributed by atoms with E-state index < -0.39 is 0 Å². The molecule has 1 saturated carbocycles. The topological polar surface area (TPSA) is 64.0 Å². The summed E-state index contributed by atoms with van der Waals surface area (Å²) in [6, 6.07) is 7.42. The van der Waals surface area contributed by atoms with Gasteiger partial charge in [0.2, 0.25) is 5.91 Å². The maximum Gasteiger partial charge on any atom is 0.261 e. The fourth-order valence-corrected chi connectivity index (χ4v) is 3.21. The maximum atomic E-state index is 12.4. The summed E-state index contributed by atoms with van der Waals surface area (Å²) in [6.45, 7) is 2.25. The Bertz CT molecular complexity index is 738. The van der Waals surface area contributed by atoms with Crippen molar-refractivity contribution in [2.24, 2.45) is 5.92 Å². The molecule has 1 aliphatic rings. The predicted octanol–water partition coefficient (Wildman–Crippen LogP) is 2.09. The van der Waals surface area contributed by atoms with Crippen LogP contribution in [0.3, 0.4) is 0 Å². The normalized spacial score (nSPS) is 21.7. The molecule has 5 heteroatoms. The molecule has 2 atom stereocenters. The third-order valence-corrected chi connectivity index (χ3v) is 4.35. The van der Waals surface area contributed by atoms with E-state index in [4.69, 9.17) is 0 Å². The number of carbonyl (C=O) groups is 1. The Kier molecular flexibility index (Phi) is 4.22. The Morgan fingerprint density at radius 3 is 3.00 bits per heavy atom. The molecule has 1 aromatic heterocycles. The van der Waals surface area contributed by atoms with E-state index >= 15 is 0 Å². The fraction of sp³-hybridized carbons (Fsp3) is 0.471. The molecule has 2 aromatic rings. The van der Waals surface area contributed by atoms with Crippen LogP contribution < -0.4 is 10.9 Å². The van der Waals surface area contributed by atoms with Crippen molar-refractivity contribution in [3.05, 3.63) is 40.9 Å². The van der Waals surface area contributed by atoms with Crippen molar-refractivity contribution < 1.29 is 4.79 Å². The number of nitrogens with zero attached hydrogens (tertiary/aromatic N) is 2. The molecule has 22 heavy (non-hydrogen) atoms. The van der Waals surface area contributed by atoms with E-state index in [0.717, 1.165) is 19.3 Å². The summed E-state index contributed by atoms with van der Waals surface area (Å²) in [5, 5.41) is 3.59. The molecular formula is C17H21N3O2. The molecule has 1 aromatic carbocycles. The number of benzene rings is 1. The lowest BCUT2D eigenvalue weighted by molar-refractivity contribution is -0.122. The molecule has 2 unspecified atom stereocenters. The van der Waals surface area contributed by atoms with Gasteiger partial charge in [0.05, 0.1) is 17.2 Å². The summed E-state index contributed by atoms with van der Waals surface area (Å²) in [7, 11) is 0. The summed E-state index contributed by atoms with van der Waals surface area (Å²) in [6.07, 6.45) is 5.90. The second-order valence-corrected chi connectivity index (χ2v) is 6.23. The Balaban J connectivity index is 1.71. The first-order valence-electron chi connectivity index (χ1n) is 7.87. The molecule has 0 aliphatic heterocycles. The number of amides is 1. The lowest BCUT2D eigenvalue weighted by atomic mass is 9.87. The molecule has 1 aliphatic carbocycles. The van der Waals surface area contributed by atoms with E-state index in [1.54, 1.807) is 18.2 Å². The van der Waals surface area contributed by atoms with Crippen LogP contribution in [0.2, 0.25) is 0 Å². The lowest BCUT2D eigenvalue weighted by Crippen LogP contribution is -2.41. The highest BCUT2D eigenvalue weighted by Crippen LogP contribution is 2.23. The lowest BCUT2D eigenvalue weighted by Gasteiger charge is -2.27. The third-order valence-electron chi connectivity index (χ3n) is 4.35. The minimum Gasteiger partial charge on any atom is -0.352 e. The highest BCUT2D eigenvalue weighted by atomic mass is 16.2. The van der Waals surface area contributed by atoms with Crippen molar-refractivity contribution in [3.63, 3.8) is 0 Å². The summed E-state index contributed by atoms with van der Waals surface area (Å²) >= 11 is 0. The van der Waals surface area contributed by atoms with Crippen molar-refractivity contribution in [2.45, 2.75) is 45.2 Å². The van der Waals surface area contributed by atoms with E-state index in [1.807, 2.05) is 6.07 Å². The second-order valence-electron chi connectivity index (χ2n) is 6.23. The van der Waals surface area contributed by atoms with Crippen LogP contribution in [0.1, 0.15) is 32.6 Å². The summed E-state index contributed by atoms with van der Waals surface area (Å²) in [5.41, 5.74) is 0.489. The van der Waals surface area contributed by atoms with Gasteiger partial charge in [0.1, 0.15) is 6.54 Å². The van der Waals surface area contributed by atoms with Gasteiger partial charge in [0.25, 0.3) is 5.56 Å². The minimum absolute atomic E-state index is 0.0293. The van der Waals surface area contributed by atoms with Crippen LogP contribution in [-0.2, 0) is 11.3 Å². The van der Waals surface area contributed by atoms with Gasteiger partial charge in [-0.3, -0.25) is 14.2 Å². The van der Waals surface area contributed by atoms with Gasteiger partial charge >= 0.3 is 0 Å². The van der Waals surface area contributed by atoms with Crippen LogP contribution >= 0.6 is 0 Å². The van der Waals surface area contributed by atoms with Crippen LogP contribution in [0.15, 0.2) is 35.4 Å². The van der Waals surface area contributed by atoms with Crippen molar-refractivity contribution in [1.29, 1.82) is 0 Å². The van der Waals surface area contributed by atoms with Crippen LogP contribution in [-0.4, -0.2) is 21.5 Å². The van der Waals surface area contributed by atoms with Gasteiger partial charge in [-0.25, -0.2) is 4.98 Å². The number of carbonyl (C=O) groups excluding carboxylic acids is 1. The van der Waals surface area contributed by atoms with E-state index in [2.05, 4.69) is 17.2 Å². The smallest absolute Gasteiger partial charge is 0.261 e. The molecule has 0 bridgehead atoms. The number of para-hydroxylation sites is 1. The second kappa shape index (κ2) is 6.30. The zero-order chi connectivity index (χ0) is 15.5. The average Bonchev–Trinajstić information content (AvgIpc) is 2.50. The van der Waals surface area contributed by atoms with E-state index in [0.29, 0.717) is 16.8 Å². The Hall–Kier alpha value is -2.17. The first kappa shape index (κ1) is 14.8. The zero-order valence-electron chi connectivity index (χ0n) is 12.8. The molecule has 3 rings (SSSR count). The molecule has 116 valence electrons. The Labute approximate surface area is 129 Å². The van der Waals surface area contributed by atoms with Gasteiger partial charge in [-0.05, 0) is 30.9 Å². The highest BCUT2D eigenvalue weighted by molar-refractivity contribution is 5.79. The molecule has 0 spiro atoms. The van der Waals surface area contributed by atoms with Crippen LogP contribution in [0, 0.1) is 5.92 Å². The van der Waals surface area contributed by atoms with Gasteiger partial charge in [-0.15, -0.1) is 0 Å². The number of hydrogen-bond donors (Lipinski definition) is 1. The zero-order valence-corrected chi connectivity index (χ0v) is 12.8. The molecule has 0 saturated heterocycles.